The number of hydrogen-bond donors (Lipinski definition) is 2. The summed E-state index contributed by atoms with van der Waals surface area (Å²) in [4.78, 5) is 39.8. The van der Waals surface area contributed by atoms with Crippen LogP contribution in [0.15, 0.2) is 40.8 Å². The molecule has 0 bridgehead atoms. The Morgan fingerprint density at radius 2 is 2.21 bits per heavy atom. The van der Waals surface area contributed by atoms with Crippen molar-refractivity contribution in [3.8, 4) is 0 Å². The van der Waals surface area contributed by atoms with E-state index in [1.165, 1.54) is 11.6 Å². The maximum Gasteiger partial charge on any atom is 0.321 e. The van der Waals surface area contributed by atoms with Gasteiger partial charge in [0.2, 0.25) is 5.91 Å². The van der Waals surface area contributed by atoms with Gasteiger partial charge in [0.05, 0.1) is 16.7 Å². The number of carbonyl (C=O) groups excluding carboxylic acids is 2. The van der Waals surface area contributed by atoms with Gasteiger partial charge in [-0.05, 0) is 18.2 Å². The van der Waals surface area contributed by atoms with Gasteiger partial charge in [-0.15, -0.1) is 6.58 Å². The van der Waals surface area contributed by atoms with E-state index in [0.29, 0.717) is 21.1 Å². The fourth-order valence-electron chi connectivity index (χ4n) is 1.93. The molecule has 0 aliphatic heterocycles. The standard InChI is InChI=1S/C15H15ClN4O3S/c1-3-6-20-13(22)10-7-9(16)4-5-11(10)18-15(20)24-8-12(21)19-14(23)17-2/h3-5,7H,1,6,8H2,2H3,(H2,17,19,21,23). The van der Waals surface area contributed by atoms with Gasteiger partial charge in [0, 0.05) is 18.6 Å². The average Bonchev–Trinajstić information content (AvgIpc) is 2.56. The molecule has 0 saturated heterocycles. The van der Waals surface area contributed by atoms with E-state index in [1.807, 2.05) is 0 Å². The third-order valence-corrected chi connectivity index (χ3v) is 4.22. The molecule has 126 valence electrons. The number of urea groups is 1. The van der Waals surface area contributed by atoms with Gasteiger partial charge in [0.25, 0.3) is 5.56 Å². The minimum Gasteiger partial charge on any atom is -0.341 e. The summed E-state index contributed by atoms with van der Waals surface area (Å²) in [5, 5.41) is 5.63. The van der Waals surface area contributed by atoms with Gasteiger partial charge in [-0.1, -0.05) is 29.4 Å². The Morgan fingerprint density at radius 1 is 1.46 bits per heavy atom. The van der Waals surface area contributed by atoms with Crippen molar-refractivity contribution in [2.24, 2.45) is 0 Å². The lowest BCUT2D eigenvalue weighted by molar-refractivity contribution is -0.117. The molecule has 0 saturated carbocycles. The van der Waals surface area contributed by atoms with E-state index in [2.05, 4.69) is 22.2 Å². The lowest BCUT2D eigenvalue weighted by Crippen LogP contribution is -2.38. The van der Waals surface area contributed by atoms with E-state index < -0.39 is 11.9 Å². The topological polar surface area (TPSA) is 93.1 Å². The van der Waals surface area contributed by atoms with Crippen LogP contribution in [0.4, 0.5) is 4.79 Å². The van der Waals surface area contributed by atoms with Gasteiger partial charge < -0.3 is 5.32 Å². The first-order valence-electron chi connectivity index (χ1n) is 6.91. The highest BCUT2D eigenvalue weighted by Crippen LogP contribution is 2.20. The Labute approximate surface area is 147 Å². The molecule has 2 rings (SSSR count). The molecule has 0 aliphatic carbocycles. The lowest BCUT2D eigenvalue weighted by Gasteiger charge is -2.11. The van der Waals surface area contributed by atoms with E-state index in [0.717, 1.165) is 11.8 Å². The van der Waals surface area contributed by atoms with Crippen molar-refractivity contribution in [3.63, 3.8) is 0 Å². The number of benzene rings is 1. The van der Waals surface area contributed by atoms with Crippen molar-refractivity contribution < 1.29 is 9.59 Å². The fourth-order valence-corrected chi connectivity index (χ4v) is 2.91. The van der Waals surface area contributed by atoms with E-state index >= 15 is 0 Å². The third kappa shape index (κ3) is 4.15. The predicted octanol–water partition coefficient (Wildman–Crippen LogP) is 1.78. The Morgan fingerprint density at radius 3 is 2.88 bits per heavy atom. The Balaban J connectivity index is 2.34. The molecule has 7 nitrogen and oxygen atoms in total. The number of aromatic nitrogens is 2. The largest absolute Gasteiger partial charge is 0.341 e. The normalized spacial score (nSPS) is 10.4. The molecule has 3 amide bonds. The van der Waals surface area contributed by atoms with Crippen LogP contribution in [-0.2, 0) is 11.3 Å². The van der Waals surface area contributed by atoms with Crippen LogP contribution in [0.3, 0.4) is 0 Å². The van der Waals surface area contributed by atoms with Crippen LogP contribution in [0.25, 0.3) is 10.9 Å². The first-order valence-corrected chi connectivity index (χ1v) is 8.28. The van der Waals surface area contributed by atoms with E-state index in [-0.39, 0.29) is 17.9 Å². The summed E-state index contributed by atoms with van der Waals surface area (Å²) in [6.45, 7) is 3.87. The molecule has 0 radical (unpaired) electrons. The number of nitrogens with zero attached hydrogens (tertiary/aromatic N) is 2. The van der Waals surface area contributed by atoms with Crippen LogP contribution in [0.2, 0.25) is 5.02 Å². The average molecular weight is 367 g/mol. The molecule has 24 heavy (non-hydrogen) atoms. The van der Waals surface area contributed by atoms with E-state index in [9.17, 15) is 14.4 Å². The van der Waals surface area contributed by atoms with Crippen molar-refractivity contribution in [2.45, 2.75) is 11.7 Å². The van der Waals surface area contributed by atoms with Crippen LogP contribution in [0.5, 0.6) is 0 Å². The molecule has 9 heteroatoms. The smallest absolute Gasteiger partial charge is 0.321 e. The SMILES string of the molecule is C=CCn1c(SCC(=O)NC(=O)NC)nc2ccc(Cl)cc2c1=O. The van der Waals surface area contributed by atoms with Crippen molar-refractivity contribution in [1.29, 1.82) is 0 Å². The molecule has 2 N–H and O–H groups in total. The molecule has 1 aromatic carbocycles. The Hall–Kier alpha value is -2.32. The second kappa shape index (κ2) is 7.98. The highest BCUT2D eigenvalue weighted by atomic mass is 35.5. The summed E-state index contributed by atoms with van der Waals surface area (Å²) < 4.78 is 1.41. The lowest BCUT2D eigenvalue weighted by atomic mass is 10.2. The second-order valence-electron chi connectivity index (χ2n) is 4.68. The fraction of sp³-hybridized carbons (Fsp3) is 0.200. The number of carbonyl (C=O) groups is 2. The Kier molecular flexibility index (Phi) is 5.99. The first-order chi connectivity index (χ1) is 11.5. The van der Waals surface area contributed by atoms with Gasteiger partial charge >= 0.3 is 6.03 Å². The first kappa shape index (κ1) is 18.0. The number of nitrogens with one attached hydrogen (secondary N) is 2. The molecule has 0 aliphatic rings. The molecule has 0 atom stereocenters. The summed E-state index contributed by atoms with van der Waals surface area (Å²) in [6, 6.07) is 4.25. The van der Waals surface area contributed by atoms with Gasteiger partial charge in [0.1, 0.15) is 0 Å². The van der Waals surface area contributed by atoms with Crippen LogP contribution in [0, 0.1) is 0 Å². The van der Waals surface area contributed by atoms with E-state index in [4.69, 9.17) is 11.6 Å². The number of amides is 3. The number of halogens is 1. The van der Waals surface area contributed by atoms with Crippen molar-refractivity contribution in [1.82, 2.24) is 20.2 Å². The maximum absolute atomic E-state index is 12.6. The number of rotatable bonds is 5. The summed E-state index contributed by atoms with van der Waals surface area (Å²) in [5.74, 6) is -0.550. The molecule has 0 unspecified atom stereocenters. The molecule has 1 aromatic heterocycles. The molecular weight excluding hydrogens is 352 g/mol. The zero-order valence-corrected chi connectivity index (χ0v) is 14.4. The van der Waals surface area contributed by atoms with Crippen molar-refractivity contribution in [3.05, 3.63) is 46.2 Å². The van der Waals surface area contributed by atoms with Gasteiger partial charge in [0.15, 0.2) is 5.16 Å². The number of fused-ring (bicyclic) bond motifs is 1. The Bertz CT molecular complexity index is 866. The van der Waals surface area contributed by atoms with Crippen molar-refractivity contribution in [2.75, 3.05) is 12.8 Å². The maximum atomic E-state index is 12.6. The molecule has 1 heterocycles. The van der Waals surface area contributed by atoms with Crippen LogP contribution in [0.1, 0.15) is 0 Å². The van der Waals surface area contributed by atoms with Gasteiger partial charge in [-0.3, -0.25) is 19.5 Å². The van der Waals surface area contributed by atoms with Crippen LogP contribution in [-0.4, -0.2) is 34.3 Å². The zero-order valence-electron chi connectivity index (χ0n) is 12.8. The van der Waals surface area contributed by atoms with Crippen LogP contribution >= 0.6 is 23.4 Å². The number of imide groups is 1. The molecule has 2 aromatic rings. The molecular formula is C15H15ClN4O3S. The monoisotopic (exact) mass is 366 g/mol. The quantitative estimate of drug-likeness (QED) is 0.478. The zero-order chi connectivity index (χ0) is 17.7. The highest BCUT2D eigenvalue weighted by Gasteiger charge is 2.14. The molecule has 0 spiro atoms. The second-order valence-corrected chi connectivity index (χ2v) is 6.06. The summed E-state index contributed by atoms with van der Waals surface area (Å²) >= 11 is 6.99. The minimum atomic E-state index is -0.592. The number of thioether (sulfide) groups is 1. The summed E-state index contributed by atoms with van der Waals surface area (Å²) in [6.07, 6.45) is 1.56. The van der Waals surface area contributed by atoms with Gasteiger partial charge in [-0.2, -0.15) is 0 Å². The third-order valence-electron chi connectivity index (χ3n) is 3.01. The number of allylic oxidation sites excluding steroid dienone is 1. The van der Waals surface area contributed by atoms with Gasteiger partial charge in [-0.25, -0.2) is 9.78 Å². The summed E-state index contributed by atoms with van der Waals surface area (Å²) in [5.41, 5.74) is 0.218. The number of hydrogen-bond acceptors (Lipinski definition) is 5. The highest BCUT2D eigenvalue weighted by molar-refractivity contribution is 7.99. The summed E-state index contributed by atoms with van der Waals surface area (Å²) in [7, 11) is 1.41. The van der Waals surface area contributed by atoms with Crippen LogP contribution < -0.4 is 16.2 Å². The van der Waals surface area contributed by atoms with Crippen molar-refractivity contribution >= 4 is 46.2 Å². The minimum absolute atomic E-state index is 0.0594. The molecule has 0 fully saturated rings. The predicted molar refractivity (Wildman–Crippen MR) is 94.5 cm³/mol. The van der Waals surface area contributed by atoms with E-state index in [1.54, 1.807) is 24.3 Å².